The molecule has 26 heavy (non-hydrogen) atoms. The van der Waals surface area contributed by atoms with Crippen molar-refractivity contribution in [2.75, 3.05) is 33.2 Å². The lowest BCUT2D eigenvalue weighted by molar-refractivity contribution is 0.00588. The summed E-state index contributed by atoms with van der Waals surface area (Å²) < 4.78 is 13.4. The molecule has 0 amide bonds. The third kappa shape index (κ3) is 4.07. The SMILES string of the molecule is C=C(/C=C(\C)CC)/C(=N\C)N1CCC2(CN(Cc3cccc(F)c3)C2)C1. The molecule has 2 fully saturated rings. The molecule has 1 aromatic rings. The summed E-state index contributed by atoms with van der Waals surface area (Å²) in [6.07, 6.45) is 4.38. The fourth-order valence-electron chi connectivity index (χ4n) is 4.23. The first-order chi connectivity index (χ1) is 12.4. The molecule has 2 aliphatic heterocycles. The fourth-order valence-corrected chi connectivity index (χ4v) is 4.23. The van der Waals surface area contributed by atoms with E-state index in [2.05, 4.69) is 41.3 Å². The highest BCUT2D eigenvalue weighted by Gasteiger charge is 2.48. The molecule has 0 atom stereocenters. The van der Waals surface area contributed by atoms with Crippen molar-refractivity contribution in [2.24, 2.45) is 10.4 Å². The number of amidine groups is 1. The predicted molar refractivity (Wildman–Crippen MR) is 107 cm³/mol. The molecule has 3 rings (SSSR count). The average molecular weight is 356 g/mol. The summed E-state index contributed by atoms with van der Waals surface area (Å²) in [4.78, 5) is 9.32. The van der Waals surface area contributed by atoms with Gasteiger partial charge in [-0.1, -0.05) is 37.3 Å². The molecule has 1 aromatic carbocycles. The Labute approximate surface area is 156 Å². The van der Waals surface area contributed by atoms with Crippen LogP contribution in [0.15, 0.2) is 53.1 Å². The van der Waals surface area contributed by atoms with Crippen molar-refractivity contribution in [1.82, 2.24) is 9.80 Å². The van der Waals surface area contributed by atoms with Gasteiger partial charge < -0.3 is 4.90 Å². The van der Waals surface area contributed by atoms with Crippen molar-refractivity contribution in [1.29, 1.82) is 0 Å². The molecule has 2 heterocycles. The Morgan fingerprint density at radius 1 is 1.35 bits per heavy atom. The molecule has 0 bridgehead atoms. The van der Waals surface area contributed by atoms with Gasteiger partial charge in [0.2, 0.25) is 0 Å². The first kappa shape index (κ1) is 18.8. The topological polar surface area (TPSA) is 18.8 Å². The van der Waals surface area contributed by atoms with E-state index in [0.717, 1.165) is 56.1 Å². The van der Waals surface area contributed by atoms with E-state index < -0.39 is 0 Å². The molecular weight excluding hydrogens is 325 g/mol. The number of benzene rings is 1. The van der Waals surface area contributed by atoms with Gasteiger partial charge in [-0.25, -0.2) is 4.39 Å². The van der Waals surface area contributed by atoms with Gasteiger partial charge in [0.1, 0.15) is 11.7 Å². The van der Waals surface area contributed by atoms with Crippen molar-refractivity contribution in [3.8, 4) is 0 Å². The minimum Gasteiger partial charge on any atom is -0.356 e. The Hall–Kier alpha value is -1.94. The van der Waals surface area contributed by atoms with E-state index in [1.165, 1.54) is 18.1 Å². The van der Waals surface area contributed by atoms with Gasteiger partial charge in [0.05, 0.1) is 0 Å². The predicted octanol–water partition coefficient (Wildman–Crippen LogP) is 4.27. The maximum atomic E-state index is 13.4. The third-order valence-corrected chi connectivity index (χ3v) is 5.63. The number of rotatable bonds is 5. The third-order valence-electron chi connectivity index (χ3n) is 5.63. The normalized spacial score (nSPS) is 20.5. The average Bonchev–Trinajstić information content (AvgIpc) is 3.00. The number of hydrogen-bond donors (Lipinski definition) is 0. The summed E-state index contributed by atoms with van der Waals surface area (Å²) in [5, 5.41) is 0. The van der Waals surface area contributed by atoms with Crippen LogP contribution in [0, 0.1) is 11.2 Å². The lowest BCUT2D eigenvalue weighted by atomic mass is 9.79. The number of nitrogens with zero attached hydrogens (tertiary/aromatic N) is 3. The van der Waals surface area contributed by atoms with Crippen LogP contribution >= 0.6 is 0 Å². The Morgan fingerprint density at radius 3 is 2.77 bits per heavy atom. The lowest BCUT2D eigenvalue weighted by Gasteiger charge is -2.48. The maximum Gasteiger partial charge on any atom is 0.130 e. The smallest absolute Gasteiger partial charge is 0.130 e. The summed E-state index contributed by atoms with van der Waals surface area (Å²) in [6.45, 7) is 13.6. The summed E-state index contributed by atoms with van der Waals surface area (Å²) in [5.41, 5.74) is 3.75. The van der Waals surface area contributed by atoms with Crippen molar-refractivity contribution < 1.29 is 4.39 Å². The minimum absolute atomic E-state index is 0.150. The van der Waals surface area contributed by atoms with E-state index in [4.69, 9.17) is 0 Å². The summed E-state index contributed by atoms with van der Waals surface area (Å²) >= 11 is 0. The molecule has 2 aliphatic rings. The van der Waals surface area contributed by atoms with E-state index in [-0.39, 0.29) is 5.82 Å². The van der Waals surface area contributed by atoms with Crippen molar-refractivity contribution >= 4 is 5.84 Å². The van der Waals surface area contributed by atoms with Crippen LogP contribution in [0.4, 0.5) is 4.39 Å². The monoisotopic (exact) mass is 355 g/mol. The highest BCUT2D eigenvalue weighted by molar-refractivity contribution is 6.00. The number of halogens is 1. The molecule has 140 valence electrons. The van der Waals surface area contributed by atoms with E-state index >= 15 is 0 Å². The van der Waals surface area contributed by atoms with Crippen molar-refractivity contribution in [3.05, 3.63) is 59.4 Å². The lowest BCUT2D eigenvalue weighted by Crippen LogP contribution is -2.57. The summed E-state index contributed by atoms with van der Waals surface area (Å²) in [7, 11) is 1.86. The Bertz CT molecular complexity index is 729. The number of aliphatic imine (C=N–C) groups is 1. The highest BCUT2D eigenvalue weighted by Crippen LogP contribution is 2.40. The molecular formula is C22H30FN3. The van der Waals surface area contributed by atoms with Gasteiger partial charge >= 0.3 is 0 Å². The van der Waals surface area contributed by atoms with E-state index in [1.807, 2.05) is 13.1 Å². The number of hydrogen-bond acceptors (Lipinski definition) is 2. The van der Waals surface area contributed by atoms with Gasteiger partial charge in [-0.15, -0.1) is 0 Å². The van der Waals surface area contributed by atoms with Gasteiger partial charge in [0.15, 0.2) is 0 Å². The number of likely N-dealkylation sites (tertiary alicyclic amines) is 2. The Morgan fingerprint density at radius 2 is 2.12 bits per heavy atom. The Balaban J connectivity index is 1.57. The zero-order chi connectivity index (χ0) is 18.7. The number of allylic oxidation sites excluding steroid dienone is 1. The molecule has 0 aromatic heterocycles. The van der Waals surface area contributed by atoms with Gasteiger partial charge in [0, 0.05) is 50.8 Å². The molecule has 0 radical (unpaired) electrons. The minimum atomic E-state index is -0.150. The van der Waals surface area contributed by atoms with E-state index in [1.54, 1.807) is 12.1 Å². The van der Waals surface area contributed by atoms with Crippen LogP contribution in [0.1, 0.15) is 32.3 Å². The molecule has 0 unspecified atom stereocenters. The second kappa shape index (κ2) is 7.75. The zero-order valence-corrected chi connectivity index (χ0v) is 16.3. The van der Waals surface area contributed by atoms with Gasteiger partial charge in [0.25, 0.3) is 0 Å². The van der Waals surface area contributed by atoms with Crippen molar-refractivity contribution in [2.45, 2.75) is 33.2 Å². The second-order valence-electron chi connectivity index (χ2n) is 7.86. The van der Waals surface area contributed by atoms with Crippen molar-refractivity contribution in [3.63, 3.8) is 0 Å². The van der Waals surface area contributed by atoms with Crippen LogP contribution in [-0.4, -0.2) is 48.9 Å². The first-order valence-corrected chi connectivity index (χ1v) is 9.50. The van der Waals surface area contributed by atoms with Crippen LogP contribution < -0.4 is 0 Å². The largest absolute Gasteiger partial charge is 0.356 e. The molecule has 1 spiro atoms. The summed E-state index contributed by atoms with van der Waals surface area (Å²) in [6, 6.07) is 6.94. The molecule has 4 heteroatoms. The second-order valence-corrected chi connectivity index (χ2v) is 7.86. The maximum absolute atomic E-state index is 13.4. The van der Waals surface area contributed by atoms with Crippen LogP contribution in [0.25, 0.3) is 0 Å². The molecule has 0 saturated carbocycles. The fraction of sp³-hybridized carbons (Fsp3) is 0.500. The standard InChI is InChI=1S/C22H30FN3/c1-5-17(2)11-18(3)21(24-4)26-10-9-22(16-26)14-25(15-22)13-19-7-6-8-20(23)12-19/h6-8,11-12H,3,5,9-10,13-16H2,1-2,4H3/b17-11+,24-21+. The van der Waals surface area contributed by atoms with E-state index in [9.17, 15) is 4.39 Å². The van der Waals surface area contributed by atoms with Crippen LogP contribution in [-0.2, 0) is 6.54 Å². The van der Waals surface area contributed by atoms with E-state index in [0.29, 0.717) is 5.41 Å². The Kier molecular flexibility index (Phi) is 5.61. The molecule has 0 N–H and O–H groups in total. The van der Waals surface area contributed by atoms with Crippen LogP contribution in [0.5, 0.6) is 0 Å². The van der Waals surface area contributed by atoms with Crippen LogP contribution in [0.3, 0.4) is 0 Å². The summed E-state index contributed by atoms with van der Waals surface area (Å²) in [5.74, 6) is 0.876. The quantitative estimate of drug-likeness (QED) is 0.446. The first-order valence-electron chi connectivity index (χ1n) is 9.50. The zero-order valence-electron chi connectivity index (χ0n) is 16.3. The van der Waals surface area contributed by atoms with Crippen LogP contribution in [0.2, 0.25) is 0 Å². The molecule has 0 aliphatic carbocycles. The van der Waals surface area contributed by atoms with Gasteiger partial charge in [-0.05, 0) is 37.5 Å². The molecule has 2 saturated heterocycles. The van der Waals surface area contributed by atoms with Gasteiger partial charge in [-0.3, -0.25) is 9.89 Å². The highest BCUT2D eigenvalue weighted by atomic mass is 19.1. The molecule has 3 nitrogen and oxygen atoms in total. The van der Waals surface area contributed by atoms with Gasteiger partial charge in [-0.2, -0.15) is 0 Å².